The molecule has 1 atom stereocenters. The van der Waals surface area contributed by atoms with E-state index in [0.717, 1.165) is 37.7 Å². The topological polar surface area (TPSA) is 58.6 Å². The minimum atomic E-state index is -1.03. The summed E-state index contributed by atoms with van der Waals surface area (Å²) in [4.78, 5) is 29.1. The molecule has 3 aromatic rings. The van der Waals surface area contributed by atoms with Crippen molar-refractivity contribution in [2.45, 2.75) is 50.6 Å². The standard InChI is InChI=1S/C27H28ClFN2O3S/c1-34-24-12-9-20(28)16-23(24)31(25(32)15-18-13-14-35-17-18)26(19-7-10-21(29)11-8-19)27(33)30-22-5-3-2-4-6-22/h7-14,16-17,22,26H,2-6,15H2,1H3,(H,30,33). The smallest absolute Gasteiger partial charge is 0.248 e. The van der Waals surface area contributed by atoms with Crippen LogP contribution in [0.4, 0.5) is 10.1 Å². The van der Waals surface area contributed by atoms with Crippen molar-refractivity contribution in [2.24, 2.45) is 0 Å². The average molecular weight is 515 g/mol. The maximum atomic E-state index is 13.8. The Morgan fingerprint density at radius 1 is 1.14 bits per heavy atom. The molecule has 5 nitrogen and oxygen atoms in total. The number of halogens is 2. The summed E-state index contributed by atoms with van der Waals surface area (Å²) in [5.74, 6) is -0.622. The maximum absolute atomic E-state index is 13.8. The zero-order chi connectivity index (χ0) is 24.8. The van der Waals surface area contributed by atoms with E-state index in [0.29, 0.717) is 22.0 Å². The SMILES string of the molecule is COc1ccc(Cl)cc1N(C(=O)Cc1ccsc1)C(C(=O)NC1CCCCC1)c1ccc(F)cc1. The number of ether oxygens (including phenoxy) is 1. The minimum absolute atomic E-state index is 0.0364. The van der Waals surface area contributed by atoms with Crippen LogP contribution in [0, 0.1) is 5.82 Å². The number of rotatable bonds is 8. The molecule has 8 heteroatoms. The van der Waals surface area contributed by atoms with Crippen LogP contribution < -0.4 is 15.0 Å². The van der Waals surface area contributed by atoms with E-state index in [1.807, 2.05) is 16.8 Å². The molecular weight excluding hydrogens is 487 g/mol. The number of benzene rings is 2. The van der Waals surface area contributed by atoms with Crippen molar-refractivity contribution in [3.8, 4) is 5.75 Å². The lowest BCUT2D eigenvalue weighted by Gasteiger charge is -2.34. The Labute approximate surface area is 213 Å². The van der Waals surface area contributed by atoms with Crippen LogP contribution in [0.2, 0.25) is 5.02 Å². The Hall–Kier alpha value is -2.90. The minimum Gasteiger partial charge on any atom is -0.495 e. The Morgan fingerprint density at radius 3 is 2.54 bits per heavy atom. The molecule has 0 saturated heterocycles. The van der Waals surface area contributed by atoms with Crippen LogP contribution in [-0.2, 0) is 16.0 Å². The third kappa shape index (κ3) is 6.21. The first-order chi connectivity index (χ1) is 17.0. The Morgan fingerprint density at radius 2 is 1.89 bits per heavy atom. The van der Waals surface area contributed by atoms with E-state index >= 15 is 0 Å². The first kappa shape index (κ1) is 25.2. The second kappa shape index (κ2) is 11.7. The third-order valence-electron chi connectivity index (χ3n) is 6.25. The molecule has 1 N–H and O–H groups in total. The number of nitrogens with one attached hydrogen (secondary N) is 1. The van der Waals surface area contributed by atoms with Gasteiger partial charge in [0.1, 0.15) is 17.6 Å². The number of carbonyl (C=O) groups is 2. The molecule has 0 bridgehead atoms. The maximum Gasteiger partial charge on any atom is 0.248 e. The molecule has 1 aliphatic carbocycles. The molecule has 1 fully saturated rings. The van der Waals surface area contributed by atoms with Crippen molar-refractivity contribution in [2.75, 3.05) is 12.0 Å². The van der Waals surface area contributed by atoms with Crippen molar-refractivity contribution in [3.05, 3.63) is 81.3 Å². The number of carbonyl (C=O) groups excluding carboxylic acids is 2. The Balaban J connectivity index is 1.80. The number of hydrogen-bond donors (Lipinski definition) is 1. The second-order valence-electron chi connectivity index (χ2n) is 8.69. The average Bonchev–Trinajstić information content (AvgIpc) is 3.36. The van der Waals surface area contributed by atoms with Gasteiger partial charge in [-0.05, 0) is 71.1 Å². The van der Waals surface area contributed by atoms with Gasteiger partial charge in [-0.25, -0.2) is 4.39 Å². The summed E-state index contributed by atoms with van der Waals surface area (Å²) >= 11 is 7.83. The number of thiophene rings is 1. The number of methoxy groups -OCH3 is 1. The highest BCUT2D eigenvalue weighted by Crippen LogP contribution is 2.38. The van der Waals surface area contributed by atoms with Crippen LogP contribution in [0.25, 0.3) is 0 Å². The normalized spacial score (nSPS) is 14.8. The van der Waals surface area contributed by atoms with Gasteiger partial charge in [-0.1, -0.05) is 43.0 Å². The van der Waals surface area contributed by atoms with Crippen LogP contribution in [0.3, 0.4) is 0 Å². The molecule has 35 heavy (non-hydrogen) atoms. The molecule has 1 saturated carbocycles. The predicted octanol–water partition coefficient (Wildman–Crippen LogP) is 6.32. The van der Waals surface area contributed by atoms with Crippen molar-refractivity contribution >= 4 is 40.4 Å². The zero-order valence-corrected chi connectivity index (χ0v) is 21.1. The van der Waals surface area contributed by atoms with Gasteiger partial charge in [-0.3, -0.25) is 14.5 Å². The van der Waals surface area contributed by atoms with E-state index in [-0.39, 0.29) is 24.3 Å². The number of anilines is 1. The highest BCUT2D eigenvalue weighted by atomic mass is 35.5. The summed E-state index contributed by atoms with van der Waals surface area (Å²) in [7, 11) is 1.50. The van der Waals surface area contributed by atoms with Crippen LogP contribution in [0.15, 0.2) is 59.3 Å². The summed E-state index contributed by atoms with van der Waals surface area (Å²) < 4.78 is 19.4. The van der Waals surface area contributed by atoms with E-state index in [1.54, 1.807) is 30.3 Å². The van der Waals surface area contributed by atoms with Gasteiger partial charge in [0.2, 0.25) is 11.8 Å². The largest absolute Gasteiger partial charge is 0.495 e. The van der Waals surface area contributed by atoms with E-state index < -0.39 is 11.9 Å². The fraction of sp³-hybridized carbons (Fsp3) is 0.333. The van der Waals surface area contributed by atoms with Gasteiger partial charge in [0.25, 0.3) is 0 Å². The summed E-state index contributed by atoms with van der Waals surface area (Å²) in [6, 6.07) is 11.5. The number of amides is 2. The quantitative estimate of drug-likeness (QED) is 0.383. The molecule has 1 unspecified atom stereocenters. The molecule has 1 aromatic heterocycles. The van der Waals surface area contributed by atoms with Gasteiger partial charge in [0.15, 0.2) is 0 Å². The lowest BCUT2D eigenvalue weighted by atomic mass is 9.94. The molecular formula is C27H28ClFN2O3S. The van der Waals surface area contributed by atoms with Crippen LogP contribution in [0.5, 0.6) is 5.75 Å². The summed E-state index contributed by atoms with van der Waals surface area (Å²) in [5, 5.41) is 7.36. The molecule has 2 amide bonds. The van der Waals surface area contributed by atoms with E-state index in [4.69, 9.17) is 16.3 Å². The van der Waals surface area contributed by atoms with Gasteiger partial charge >= 0.3 is 0 Å². The molecule has 1 aliphatic rings. The highest BCUT2D eigenvalue weighted by Gasteiger charge is 2.35. The lowest BCUT2D eigenvalue weighted by Crippen LogP contribution is -2.47. The lowest BCUT2D eigenvalue weighted by molar-refractivity contribution is -0.127. The van der Waals surface area contributed by atoms with E-state index in [1.165, 1.54) is 35.5 Å². The molecule has 0 radical (unpaired) electrons. The molecule has 0 spiro atoms. The van der Waals surface area contributed by atoms with Gasteiger partial charge in [0.05, 0.1) is 19.2 Å². The monoisotopic (exact) mass is 514 g/mol. The van der Waals surface area contributed by atoms with Gasteiger partial charge in [-0.2, -0.15) is 11.3 Å². The number of nitrogens with zero attached hydrogens (tertiary/aromatic N) is 1. The Bertz CT molecular complexity index is 1150. The number of hydrogen-bond acceptors (Lipinski definition) is 4. The van der Waals surface area contributed by atoms with E-state index in [9.17, 15) is 14.0 Å². The van der Waals surface area contributed by atoms with Gasteiger partial charge in [0, 0.05) is 11.1 Å². The molecule has 2 aromatic carbocycles. The molecule has 4 rings (SSSR count). The summed E-state index contributed by atoms with van der Waals surface area (Å²) in [6.07, 6.45) is 5.13. The highest BCUT2D eigenvalue weighted by molar-refractivity contribution is 7.08. The summed E-state index contributed by atoms with van der Waals surface area (Å²) in [6.45, 7) is 0. The summed E-state index contributed by atoms with van der Waals surface area (Å²) in [5.41, 5.74) is 1.73. The zero-order valence-electron chi connectivity index (χ0n) is 19.5. The second-order valence-corrected chi connectivity index (χ2v) is 9.90. The van der Waals surface area contributed by atoms with E-state index in [2.05, 4.69) is 5.32 Å². The predicted molar refractivity (Wildman–Crippen MR) is 138 cm³/mol. The van der Waals surface area contributed by atoms with Crippen molar-refractivity contribution in [3.63, 3.8) is 0 Å². The van der Waals surface area contributed by atoms with Crippen LogP contribution >= 0.6 is 22.9 Å². The van der Waals surface area contributed by atoms with Gasteiger partial charge < -0.3 is 10.1 Å². The Kier molecular flexibility index (Phi) is 8.42. The fourth-order valence-electron chi connectivity index (χ4n) is 4.51. The van der Waals surface area contributed by atoms with Crippen molar-refractivity contribution in [1.29, 1.82) is 0 Å². The van der Waals surface area contributed by atoms with Crippen molar-refractivity contribution in [1.82, 2.24) is 5.32 Å². The van der Waals surface area contributed by atoms with Crippen LogP contribution in [-0.4, -0.2) is 25.0 Å². The third-order valence-corrected chi connectivity index (χ3v) is 7.22. The van der Waals surface area contributed by atoms with Gasteiger partial charge in [-0.15, -0.1) is 0 Å². The first-order valence-corrected chi connectivity index (χ1v) is 13.0. The fourth-order valence-corrected chi connectivity index (χ4v) is 5.35. The van der Waals surface area contributed by atoms with Crippen LogP contribution in [0.1, 0.15) is 49.3 Å². The van der Waals surface area contributed by atoms with Crippen molar-refractivity contribution < 1.29 is 18.7 Å². The molecule has 1 heterocycles. The molecule has 0 aliphatic heterocycles. The molecule has 184 valence electrons. The first-order valence-electron chi connectivity index (χ1n) is 11.7.